The topological polar surface area (TPSA) is 33.0 Å². The molecule has 74 valence electrons. The maximum Gasteiger partial charge on any atom is 0.181 e. The number of halogens is 2. The summed E-state index contributed by atoms with van der Waals surface area (Å²) in [5.74, 6) is 0.230. The second-order valence-corrected chi connectivity index (χ2v) is 3.34. The highest BCUT2D eigenvalue weighted by molar-refractivity contribution is 9.08. The van der Waals surface area contributed by atoms with Crippen LogP contribution in [0.4, 0.5) is 4.39 Å². The third-order valence-electron chi connectivity index (χ3n) is 1.65. The van der Waals surface area contributed by atoms with E-state index in [0.717, 1.165) is 0 Å². The summed E-state index contributed by atoms with van der Waals surface area (Å²) in [5.41, 5.74) is 0.701. The standard InChI is InChI=1S/C10H9BrFNO/c1-7(6-13)14-10-3-2-9(12)4-8(10)5-11/h2-4,7H,5H2,1H3. The van der Waals surface area contributed by atoms with Crippen molar-refractivity contribution in [1.82, 2.24) is 0 Å². The number of hydrogen-bond donors (Lipinski definition) is 0. The van der Waals surface area contributed by atoms with Crippen molar-refractivity contribution in [3.8, 4) is 11.8 Å². The van der Waals surface area contributed by atoms with E-state index >= 15 is 0 Å². The quantitative estimate of drug-likeness (QED) is 0.781. The molecule has 0 radical (unpaired) electrons. The molecule has 1 rings (SSSR count). The first kappa shape index (κ1) is 11.0. The van der Waals surface area contributed by atoms with Crippen molar-refractivity contribution in [2.45, 2.75) is 18.4 Å². The Kier molecular flexibility index (Phi) is 3.90. The van der Waals surface area contributed by atoms with Gasteiger partial charge in [-0.15, -0.1) is 0 Å². The first-order chi connectivity index (χ1) is 6.67. The van der Waals surface area contributed by atoms with Gasteiger partial charge < -0.3 is 4.74 Å². The summed E-state index contributed by atoms with van der Waals surface area (Å²) in [6.07, 6.45) is -0.529. The molecule has 0 N–H and O–H groups in total. The van der Waals surface area contributed by atoms with E-state index in [1.54, 1.807) is 6.92 Å². The summed E-state index contributed by atoms with van der Waals surface area (Å²) in [7, 11) is 0. The highest BCUT2D eigenvalue weighted by Gasteiger charge is 2.07. The van der Waals surface area contributed by atoms with Crippen LogP contribution in [0.2, 0.25) is 0 Å². The molecule has 4 heteroatoms. The van der Waals surface area contributed by atoms with Crippen LogP contribution in [-0.4, -0.2) is 6.10 Å². The van der Waals surface area contributed by atoms with E-state index in [2.05, 4.69) is 15.9 Å². The van der Waals surface area contributed by atoms with Crippen LogP contribution in [0.1, 0.15) is 12.5 Å². The van der Waals surface area contributed by atoms with E-state index < -0.39 is 6.10 Å². The molecule has 0 aromatic heterocycles. The number of rotatable bonds is 3. The fourth-order valence-corrected chi connectivity index (χ4v) is 1.42. The summed E-state index contributed by atoms with van der Waals surface area (Å²) in [6, 6.07) is 6.17. The number of nitriles is 1. The van der Waals surface area contributed by atoms with Crippen LogP contribution in [0.25, 0.3) is 0 Å². The van der Waals surface area contributed by atoms with Gasteiger partial charge in [0.2, 0.25) is 0 Å². The van der Waals surface area contributed by atoms with Gasteiger partial charge in [-0.1, -0.05) is 15.9 Å². The van der Waals surface area contributed by atoms with Gasteiger partial charge in [0.1, 0.15) is 17.6 Å². The Morgan fingerprint density at radius 1 is 1.64 bits per heavy atom. The van der Waals surface area contributed by atoms with Crippen LogP contribution in [0.3, 0.4) is 0 Å². The normalized spacial score (nSPS) is 11.9. The lowest BCUT2D eigenvalue weighted by molar-refractivity contribution is 0.274. The van der Waals surface area contributed by atoms with Crippen molar-refractivity contribution >= 4 is 15.9 Å². The molecule has 0 saturated heterocycles. The average molecular weight is 258 g/mol. The second-order valence-electron chi connectivity index (χ2n) is 2.77. The minimum absolute atomic E-state index is 0.309. The minimum Gasteiger partial charge on any atom is -0.476 e. The fraction of sp³-hybridized carbons (Fsp3) is 0.300. The molecular weight excluding hydrogens is 249 g/mol. The predicted octanol–water partition coefficient (Wildman–Crippen LogP) is 3.01. The third kappa shape index (κ3) is 2.71. The van der Waals surface area contributed by atoms with Gasteiger partial charge in [0, 0.05) is 10.9 Å². The number of alkyl halides is 1. The van der Waals surface area contributed by atoms with Crippen molar-refractivity contribution in [3.05, 3.63) is 29.6 Å². The average Bonchev–Trinajstić information content (AvgIpc) is 2.20. The van der Waals surface area contributed by atoms with Gasteiger partial charge in [-0.05, 0) is 25.1 Å². The molecule has 0 saturated carbocycles. The first-order valence-electron chi connectivity index (χ1n) is 4.08. The van der Waals surface area contributed by atoms with E-state index in [1.807, 2.05) is 6.07 Å². The number of nitrogens with zero attached hydrogens (tertiary/aromatic N) is 1. The Morgan fingerprint density at radius 2 is 2.36 bits per heavy atom. The number of hydrogen-bond acceptors (Lipinski definition) is 2. The first-order valence-corrected chi connectivity index (χ1v) is 5.20. The maximum atomic E-state index is 12.8. The molecule has 0 spiro atoms. The highest BCUT2D eigenvalue weighted by Crippen LogP contribution is 2.23. The molecule has 1 unspecified atom stereocenters. The van der Waals surface area contributed by atoms with Gasteiger partial charge in [0.25, 0.3) is 0 Å². The smallest absolute Gasteiger partial charge is 0.181 e. The molecule has 1 aromatic rings. The largest absolute Gasteiger partial charge is 0.476 e. The SMILES string of the molecule is CC(C#N)Oc1ccc(F)cc1CBr. The molecular formula is C10H9BrFNO. The van der Waals surface area contributed by atoms with E-state index in [1.165, 1.54) is 18.2 Å². The van der Waals surface area contributed by atoms with E-state index in [-0.39, 0.29) is 5.82 Å². The summed E-state index contributed by atoms with van der Waals surface area (Å²) >= 11 is 3.22. The van der Waals surface area contributed by atoms with Gasteiger partial charge >= 0.3 is 0 Å². The van der Waals surface area contributed by atoms with Crippen LogP contribution >= 0.6 is 15.9 Å². The Hall–Kier alpha value is -1.08. The van der Waals surface area contributed by atoms with Crippen molar-refractivity contribution < 1.29 is 9.13 Å². The maximum absolute atomic E-state index is 12.8. The van der Waals surface area contributed by atoms with Crippen molar-refractivity contribution in [1.29, 1.82) is 5.26 Å². The minimum atomic E-state index is -0.529. The monoisotopic (exact) mass is 257 g/mol. The molecule has 0 aliphatic carbocycles. The Labute approximate surface area is 90.4 Å². The van der Waals surface area contributed by atoms with Crippen molar-refractivity contribution in [2.75, 3.05) is 0 Å². The molecule has 2 nitrogen and oxygen atoms in total. The van der Waals surface area contributed by atoms with Gasteiger partial charge in [0.15, 0.2) is 6.10 Å². The summed E-state index contributed by atoms with van der Waals surface area (Å²) < 4.78 is 18.1. The van der Waals surface area contributed by atoms with Crippen LogP contribution in [0.5, 0.6) is 5.75 Å². The molecule has 1 atom stereocenters. The fourth-order valence-electron chi connectivity index (χ4n) is 0.984. The molecule has 0 aliphatic heterocycles. The van der Waals surface area contributed by atoms with Crippen LogP contribution in [0.15, 0.2) is 18.2 Å². The number of ether oxygens (including phenoxy) is 1. The molecule has 0 amide bonds. The van der Waals surface area contributed by atoms with Crippen LogP contribution in [-0.2, 0) is 5.33 Å². The van der Waals surface area contributed by atoms with Gasteiger partial charge in [-0.3, -0.25) is 0 Å². The molecule has 1 aromatic carbocycles. The molecule has 0 heterocycles. The predicted molar refractivity (Wildman–Crippen MR) is 54.7 cm³/mol. The van der Waals surface area contributed by atoms with E-state index in [0.29, 0.717) is 16.6 Å². The molecule has 0 aliphatic rings. The zero-order valence-electron chi connectivity index (χ0n) is 7.63. The van der Waals surface area contributed by atoms with Crippen molar-refractivity contribution in [2.24, 2.45) is 0 Å². The summed E-state index contributed by atoms with van der Waals surface area (Å²) in [4.78, 5) is 0. The summed E-state index contributed by atoms with van der Waals surface area (Å²) in [6.45, 7) is 1.64. The van der Waals surface area contributed by atoms with Crippen molar-refractivity contribution in [3.63, 3.8) is 0 Å². The third-order valence-corrected chi connectivity index (χ3v) is 2.26. The molecule has 0 bridgehead atoms. The lowest BCUT2D eigenvalue weighted by Crippen LogP contribution is -2.09. The van der Waals surface area contributed by atoms with E-state index in [9.17, 15) is 4.39 Å². The Balaban J connectivity index is 2.92. The van der Waals surface area contributed by atoms with Crippen LogP contribution < -0.4 is 4.74 Å². The highest BCUT2D eigenvalue weighted by atomic mass is 79.9. The Bertz CT molecular complexity index is 362. The molecule has 0 fully saturated rings. The van der Waals surface area contributed by atoms with E-state index in [4.69, 9.17) is 10.00 Å². The second kappa shape index (κ2) is 4.97. The Morgan fingerprint density at radius 3 is 2.93 bits per heavy atom. The van der Waals surface area contributed by atoms with Gasteiger partial charge in [0.05, 0.1) is 0 Å². The zero-order valence-corrected chi connectivity index (χ0v) is 9.21. The van der Waals surface area contributed by atoms with Gasteiger partial charge in [-0.25, -0.2) is 4.39 Å². The zero-order chi connectivity index (χ0) is 10.6. The van der Waals surface area contributed by atoms with Crippen LogP contribution in [0, 0.1) is 17.1 Å². The lowest BCUT2D eigenvalue weighted by Gasteiger charge is -2.11. The lowest BCUT2D eigenvalue weighted by atomic mass is 10.2. The number of benzene rings is 1. The molecule has 14 heavy (non-hydrogen) atoms. The van der Waals surface area contributed by atoms with Gasteiger partial charge in [-0.2, -0.15) is 5.26 Å². The summed E-state index contributed by atoms with van der Waals surface area (Å²) in [5, 5.41) is 9.05.